The first-order valence-electron chi connectivity index (χ1n) is 29.9. The lowest BCUT2D eigenvalue weighted by atomic mass is 10.0. The van der Waals surface area contributed by atoms with Crippen LogP contribution in [0.1, 0.15) is 38.9 Å². The van der Waals surface area contributed by atoms with Gasteiger partial charge in [0.25, 0.3) is 20.2 Å². The van der Waals surface area contributed by atoms with Gasteiger partial charge in [0.2, 0.25) is 0 Å². The van der Waals surface area contributed by atoms with Crippen LogP contribution in [-0.2, 0) is 39.5 Å². The molecule has 8 N–H and O–H groups in total. The van der Waals surface area contributed by atoms with Crippen LogP contribution in [0.3, 0.4) is 0 Å². The number of aliphatic imine (C=N–C) groups is 4. The molecule has 0 unspecified atom stereocenters. The summed E-state index contributed by atoms with van der Waals surface area (Å²) in [6.45, 7) is 1.55. The van der Waals surface area contributed by atoms with Gasteiger partial charge in [0.1, 0.15) is 21.3 Å². The fraction of sp³-hybridized carbons (Fsp3) is 0.0526. The molecule has 2 aliphatic carbocycles. The van der Waals surface area contributed by atoms with Crippen molar-refractivity contribution in [3.8, 4) is 11.5 Å². The van der Waals surface area contributed by atoms with E-state index in [1.807, 2.05) is 237 Å². The molecule has 0 atom stereocenters. The van der Waals surface area contributed by atoms with Crippen molar-refractivity contribution in [2.75, 3.05) is 21.3 Å². The zero-order valence-corrected chi connectivity index (χ0v) is 52.3. The van der Waals surface area contributed by atoms with Crippen molar-refractivity contribution < 1.29 is 36.2 Å². The summed E-state index contributed by atoms with van der Waals surface area (Å²) in [4.78, 5) is 18.4. The van der Waals surface area contributed by atoms with Crippen molar-refractivity contribution in [1.82, 2.24) is 0 Å². The van der Waals surface area contributed by atoms with E-state index < -0.39 is 20.2 Å². The van der Waals surface area contributed by atoms with E-state index in [0.717, 1.165) is 96.2 Å². The Morgan fingerprint density at radius 2 is 0.596 bits per heavy atom. The van der Waals surface area contributed by atoms with E-state index in [4.69, 9.17) is 20.0 Å². The molecule has 0 radical (unpaired) electrons. The van der Waals surface area contributed by atoms with Gasteiger partial charge >= 0.3 is 0 Å². The number of nitrogens with one attached hydrogen (secondary N) is 4. The smallest absolute Gasteiger partial charge is 0.296 e. The predicted octanol–water partition coefficient (Wildman–Crippen LogP) is 17.6. The van der Waals surface area contributed by atoms with E-state index in [-0.39, 0.29) is 39.1 Å². The first-order valence-corrected chi connectivity index (χ1v) is 32.8. The van der Waals surface area contributed by atoms with Crippen molar-refractivity contribution in [1.29, 1.82) is 0 Å². The minimum atomic E-state index is -4.70. The van der Waals surface area contributed by atoms with Gasteiger partial charge in [-0.15, -0.1) is 0 Å². The lowest BCUT2D eigenvalue weighted by Gasteiger charge is -2.15. The summed E-state index contributed by atoms with van der Waals surface area (Å²) in [6.07, 6.45) is 16.9. The zero-order chi connectivity index (χ0) is 65.2. The lowest BCUT2D eigenvalue weighted by Crippen LogP contribution is -2.05. The Bertz CT molecular complexity index is 4900. The molecule has 10 aromatic rings. The molecule has 0 amide bonds. The molecule has 0 saturated carbocycles. The number of anilines is 8. The molecule has 0 aromatic heterocycles. The summed E-state index contributed by atoms with van der Waals surface area (Å²) in [5.41, 5.74) is 17.0. The average Bonchev–Trinajstić information content (AvgIpc) is 2.17. The Balaban J connectivity index is 0.593. The second kappa shape index (κ2) is 27.9. The van der Waals surface area contributed by atoms with Crippen molar-refractivity contribution in [2.24, 2.45) is 20.0 Å². The summed E-state index contributed by atoms with van der Waals surface area (Å²) in [7, 11) is -9.22. The maximum Gasteiger partial charge on any atom is 0.296 e. The topological polar surface area (TPSA) is 247 Å². The van der Waals surface area contributed by atoms with Crippen molar-refractivity contribution in [2.45, 2.75) is 36.0 Å². The first kappa shape index (κ1) is 62.6. The van der Waals surface area contributed by atoms with E-state index >= 15 is 0 Å². The van der Waals surface area contributed by atoms with E-state index in [1.165, 1.54) is 24.3 Å². The van der Waals surface area contributed by atoms with Crippen LogP contribution in [0.2, 0.25) is 0 Å². The largest absolute Gasteiger partial charge is 0.508 e. The van der Waals surface area contributed by atoms with Gasteiger partial charge in [-0.1, -0.05) is 78.9 Å². The van der Waals surface area contributed by atoms with Crippen molar-refractivity contribution in [3.05, 3.63) is 312 Å². The standard InChI is InChI=1S/C76H62N8O8S2/c1-50-43-75(93(87,88)89)71(48-73(50)85)83-69-23-11-53(12-24-69)44-51-7-17-58(18-8-51)79-63-33-39-67(40-34-63)82-68-41-35-64(36-42-68)80-60-21-15-55(16-22-60)46-56-47-76(94(90,91)92)72(49-74(56)86)84-70-25-13-54(14-26-70)45-52-9-19-59(20-10-52)78-62-31-37-66(38-32-62)81-65-29-27-61(28-30-65)77-57-5-3-2-4-6-57/h2-43,47-49,77,80,83-86H,44-46H2,1H3,(H,87,88,89)(H,90,91,92). The van der Waals surface area contributed by atoms with E-state index in [2.05, 4.69) is 21.3 Å². The quantitative estimate of drug-likeness (QED) is 0.0262. The molecular formula is C76H62N8O8S2. The third-order valence-electron chi connectivity index (χ3n) is 15.4. The molecule has 0 spiro atoms. The highest BCUT2D eigenvalue weighted by Crippen LogP contribution is 2.36. The summed E-state index contributed by atoms with van der Waals surface area (Å²) in [5, 5.41) is 34.2. The number of para-hydroxylation sites is 1. The SMILES string of the molecule is Cc1cc(S(=O)(=O)O)c(Nc2ccc(Cc3ccc(N=C4C=CC(=Nc5ccc(Nc6ccc(Cc7cc(S(=O)(=O)O)c(Nc8ccc(Cc9ccc(N=C%10C=CC(=Nc%11ccc(Nc%12ccccc%12)cc%11)C=C%10)cc9)cc8)cc7O)cc6)cc5)C=C4)cc3)cc2)cc1O. The van der Waals surface area contributed by atoms with Crippen molar-refractivity contribution in [3.63, 3.8) is 0 Å². The number of allylic oxidation sites excluding steroid dienone is 8. The maximum atomic E-state index is 12.8. The number of phenols is 2. The minimum absolute atomic E-state index is 0.0351. The third kappa shape index (κ3) is 16.7. The second-order valence-electron chi connectivity index (χ2n) is 22.5. The number of phenolic OH excluding ortho intramolecular Hbond substituents is 2. The van der Waals surface area contributed by atoms with Crippen LogP contribution in [-0.4, -0.2) is 59.0 Å². The molecule has 0 aliphatic heterocycles. The van der Waals surface area contributed by atoms with Gasteiger partial charge in [-0.3, -0.25) is 9.11 Å². The average molecular weight is 1280 g/mol. The van der Waals surface area contributed by atoms with Crippen molar-refractivity contribution >= 4 is 111 Å². The zero-order valence-electron chi connectivity index (χ0n) is 50.6. The van der Waals surface area contributed by atoms with Gasteiger partial charge in [-0.05, 0) is 241 Å². The molecular weight excluding hydrogens is 1220 g/mol. The summed E-state index contributed by atoms with van der Waals surface area (Å²) in [6, 6.07) is 69.2. The van der Waals surface area contributed by atoms with Gasteiger partial charge in [0, 0.05) is 52.7 Å². The Labute approximate surface area is 545 Å². The highest BCUT2D eigenvalue weighted by molar-refractivity contribution is 7.86. The number of aromatic hydroxyl groups is 2. The van der Waals surface area contributed by atoms with Gasteiger partial charge < -0.3 is 31.5 Å². The fourth-order valence-corrected chi connectivity index (χ4v) is 11.8. The Morgan fingerprint density at radius 3 is 0.947 bits per heavy atom. The van der Waals surface area contributed by atoms with Crippen LogP contribution in [0.15, 0.2) is 303 Å². The lowest BCUT2D eigenvalue weighted by molar-refractivity contribution is 0.467. The maximum absolute atomic E-state index is 12.8. The molecule has 0 bridgehead atoms. The molecule has 10 aromatic carbocycles. The van der Waals surface area contributed by atoms with Gasteiger partial charge in [-0.2, -0.15) is 16.8 Å². The Hall–Kier alpha value is -11.5. The van der Waals surface area contributed by atoms with E-state index in [9.17, 15) is 36.2 Å². The van der Waals surface area contributed by atoms with Crippen LogP contribution in [0.4, 0.5) is 68.2 Å². The molecule has 12 rings (SSSR count). The number of nitrogens with zero attached hydrogens (tertiary/aromatic N) is 4. The summed E-state index contributed by atoms with van der Waals surface area (Å²) in [5.74, 6) is -0.230. The van der Waals surface area contributed by atoms with Crippen LogP contribution in [0.25, 0.3) is 0 Å². The molecule has 0 saturated heterocycles. The normalized spacial score (nSPS) is 12.8. The molecule has 94 heavy (non-hydrogen) atoms. The van der Waals surface area contributed by atoms with Gasteiger partial charge in [-0.25, -0.2) is 20.0 Å². The number of benzene rings is 10. The summed E-state index contributed by atoms with van der Waals surface area (Å²) < 4.78 is 69.5. The van der Waals surface area contributed by atoms with Crippen LogP contribution in [0.5, 0.6) is 11.5 Å². The molecule has 0 heterocycles. The second-order valence-corrected chi connectivity index (χ2v) is 25.2. The number of aryl methyl sites for hydroxylation is 1. The van der Waals surface area contributed by atoms with Crippen LogP contribution in [0, 0.1) is 6.92 Å². The molecule has 0 fully saturated rings. The number of rotatable bonds is 20. The first-order chi connectivity index (χ1) is 45.4. The molecule has 16 nitrogen and oxygen atoms in total. The number of hydrogen-bond acceptors (Lipinski definition) is 14. The summed E-state index contributed by atoms with van der Waals surface area (Å²) >= 11 is 0. The fourth-order valence-electron chi connectivity index (χ4n) is 10.4. The van der Waals surface area contributed by atoms with E-state index in [1.54, 1.807) is 19.1 Å². The predicted molar refractivity (Wildman–Crippen MR) is 379 cm³/mol. The van der Waals surface area contributed by atoms with Crippen LogP contribution >= 0.6 is 0 Å². The minimum Gasteiger partial charge on any atom is -0.508 e. The Kier molecular flexibility index (Phi) is 18.6. The molecule has 2 aliphatic rings. The highest BCUT2D eigenvalue weighted by Gasteiger charge is 2.21. The molecule has 466 valence electrons. The van der Waals surface area contributed by atoms with Gasteiger partial charge in [0.05, 0.1) is 57.0 Å². The monoisotopic (exact) mass is 1280 g/mol. The van der Waals surface area contributed by atoms with Crippen LogP contribution < -0.4 is 21.3 Å². The van der Waals surface area contributed by atoms with Gasteiger partial charge in [0.15, 0.2) is 0 Å². The van der Waals surface area contributed by atoms with E-state index in [0.29, 0.717) is 35.3 Å². The highest BCUT2D eigenvalue weighted by atomic mass is 32.2. The Morgan fingerprint density at radius 1 is 0.319 bits per heavy atom. The molecule has 18 heteroatoms. The third-order valence-corrected chi connectivity index (χ3v) is 17.1. The number of hydrogen-bond donors (Lipinski definition) is 8.